The third-order valence-corrected chi connectivity index (χ3v) is 6.18. The lowest BCUT2D eigenvalue weighted by molar-refractivity contribution is -0.163. The highest BCUT2D eigenvalue weighted by molar-refractivity contribution is 5.76. The Labute approximate surface area is 186 Å². The van der Waals surface area contributed by atoms with E-state index in [1.807, 2.05) is 11.8 Å². The molecule has 1 aromatic carbocycles. The molecule has 0 spiro atoms. The summed E-state index contributed by atoms with van der Waals surface area (Å²) in [7, 11) is 0. The van der Waals surface area contributed by atoms with Gasteiger partial charge in [0.15, 0.2) is 6.10 Å². The molecule has 0 aromatic heterocycles. The fourth-order valence-electron chi connectivity index (χ4n) is 4.23. The van der Waals surface area contributed by atoms with Crippen LogP contribution >= 0.6 is 0 Å². The highest BCUT2D eigenvalue weighted by atomic mass is 16.6. The van der Waals surface area contributed by atoms with Gasteiger partial charge in [-0.2, -0.15) is 0 Å². The minimum atomic E-state index is -0.530. The Morgan fingerprint density at radius 2 is 1.65 bits per heavy atom. The smallest absolute Gasteiger partial charge is 0.335 e. The molecule has 0 aliphatic carbocycles. The molecule has 1 atom stereocenters. The molecular weight excluding hydrogens is 394 g/mol. The lowest BCUT2D eigenvalue weighted by Gasteiger charge is -2.35. The maximum atomic E-state index is 12.6. The molecule has 2 saturated heterocycles. The van der Waals surface area contributed by atoms with E-state index in [2.05, 4.69) is 40.1 Å². The van der Waals surface area contributed by atoms with Crippen molar-refractivity contribution in [3.63, 3.8) is 0 Å². The second-order valence-electron chi connectivity index (χ2n) is 8.47. The third kappa shape index (κ3) is 7.59. The first-order valence-corrected chi connectivity index (χ1v) is 11.6. The summed E-state index contributed by atoms with van der Waals surface area (Å²) < 4.78 is 10.8. The monoisotopic (exact) mass is 431 g/mol. The quantitative estimate of drug-likeness (QED) is 0.559. The third-order valence-electron chi connectivity index (χ3n) is 6.18. The van der Waals surface area contributed by atoms with Gasteiger partial charge in [-0.1, -0.05) is 30.3 Å². The number of esters is 1. The van der Waals surface area contributed by atoms with Crippen LogP contribution in [-0.2, 0) is 25.6 Å². The molecule has 3 rings (SSSR count). The van der Waals surface area contributed by atoms with Crippen LogP contribution in [0.3, 0.4) is 0 Å². The Hall–Kier alpha value is -1.96. The number of carbonyl (C=O) groups excluding carboxylic acids is 2. The summed E-state index contributed by atoms with van der Waals surface area (Å²) in [5.41, 5.74) is 1.35. The Balaban J connectivity index is 1.30. The summed E-state index contributed by atoms with van der Waals surface area (Å²) in [4.78, 5) is 31.4. The summed E-state index contributed by atoms with van der Waals surface area (Å²) in [6, 6.07) is 10.6. The van der Waals surface area contributed by atoms with Gasteiger partial charge in [-0.05, 0) is 19.4 Å². The van der Waals surface area contributed by atoms with E-state index in [9.17, 15) is 9.59 Å². The molecule has 0 bridgehead atoms. The molecule has 7 nitrogen and oxygen atoms in total. The molecule has 1 unspecified atom stereocenters. The maximum absolute atomic E-state index is 12.6. The number of rotatable bonds is 9. The van der Waals surface area contributed by atoms with Crippen LogP contribution in [0.25, 0.3) is 0 Å². The molecule has 0 N–H and O–H groups in total. The summed E-state index contributed by atoms with van der Waals surface area (Å²) in [5.74, 6) is -0.0998. The zero-order valence-corrected chi connectivity index (χ0v) is 19.0. The largest absolute Gasteiger partial charge is 0.460 e. The average molecular weight is 432 g/mol. The molecule has 2 heterocycles. The molecule has 7 heteroatoms. The lowest BCUT2D eigenvalue weighted by atomic mass is 10.1. The van der Waals surface area contributed by atoms with Gasteiger partial charge in [-0.25, -0.2) is 4.79 Å². The molecule has 31 heavy (non-hydrogen) atoms. The minimum absolute atomic E-state index is 0.114. The topological polar surface area (TPSA) is 62.3 Å². The molecule has 2 aliphatic heterocycles. The first kappa shape index (κ1) is 23.7. The Morgan fingerprint density at radius 1 is 1.00 bits per heavy atom. The van der Waals surface area contributed by atoms with E-state index in [-0.39, 0.29) is 18.0 Å². The van der Waals surface area contributed by atoms with E-state index < -0.39 is 6.10 Å². The molecule has 2 fully saturated rings. The van der Waals surface area contributed by atoms with Gasteiger partial charge in [0.1, 0.15) is 6.10 Å². The van der Waals surface area contributed by atoms with Crippen LogP contribution in [-0.4, -0.2) is 91.2 Å². The average Bonchev–Trinajstić information content (AvgIpc) is 2.80. The van der Waals surface area contributed by atoms with Gasteiger partial charge in [-0.15, -0.1) is 0 Å². The van der Waals surface area contributed by atoms with Crippen molar-refractivity contribution < 1.29 is 19.1 Å². The van der Waals surface area contributed by atoms with Gasteiger partial charge >= 0.3 is 5.97 Å². The van der Waals surface area contributed by atoms with Crippen LogP contribution in [0.1, 0.15) is 38.7 Å². The van der Waals surface area contributed by atoms with Crippen LogP contribution in [0.5, 0.6) is 0 Å². The summed E-state index contributed by atoms with van der Waals surface area (Å²) in [6.45, 7) is 11.3. The number of nitrogens with zero attached hydrogens (tertiary/aromatic N) is 3. The number of hydrogen-bond acceptors (Lipinski definition) is 6. The second-order valence-corrected chi connectivity index (χ2v) is 8.47. The first-order valence-electron chi connectivity index (χ1n) is 11.6. The van der Waals surface area contributed by atoms with Crippen molar-refractivity contribution in [1.82, 2.24) is 14.7 Å². The first-order chi connectivity index (χ1) is 15.0. The summed E-state index contributed by atoms with van der Waals surface area (Å²) >= 11 is 0. The van der Waals surface area contributed by atoms with Crippen molar-refractivity contribution in [3.8, 4) is 0 Å². The summed E-state index contributed by atoms with van der Waals surface area (Å²) in [6.07, 6.45) is 1.32. The Morgan fingerprint density at radius 3 is 2.29 bits per heavy atom. The minimum Gasteiger partial charge on any atom is -0.460 e. The van der Waals surface area contributed by atoms with Crippen LogP contribution in [0, 0.1) is 0 Å². The molecular formula is C24H37N3O4. The summed E-state index contributed by atoms with van der Waals surface area (Å²) in [5, 5.41) is 0. The highest BCUT2D eigenvalue weighted by Gasteiger charge is 2.27. The number of amides is 1. The standard InChI is InChI=1S/C24H37N3O4/c1-3-30-20(2)24(29)31-22-9-13-27(14-10-22)23(28)11-12-25-15-17-26(18-16-25)19-21-7-5-4-6-8-21/h4-8,20,22H,3,9-19H2,1-2H3. The number of benzene rings is 1. The van der Waals surface area contributed by atoms with Crippen molar-refractivity contribution in [3.05, 3.63) is 35.9 Å². The number of piperidine rings is 1. The van der Waals surface area contributed by atoms with E-state index in [1.165, 1.54) is 5.56 Å². The molecule has 1 amide bonds. The number of ether oxygens (including phenoxy) is 2. The molecule has 2 aliphatic rings. The van der Waals surface area contributed by atoms with Crippen LogP contribution in [0.4, 0.5) is 0 Å². The van der Waals surface area contributed by atoms with Crippen molar-refractivity contribution in [2.45, 2.75) is 51.9 Å². The van der Waals surface area contributed by atoms with Gasteiger partial charge in [0.25, 0.3) is 0 Å². The van der Waals surface area contributed by atoms with Gasteiger partial charge in [0.2, 0.25) is 5.91 Å². The van der Waals surface area contributed by atoms with Crippen molar-refractivity contribution in [1.29, 1.82) is 0 Å². The van der Waals surface area contributed by atoms with Gasteiger partial charge in [0, 0.05) is 78.2 Å². The van der Waals surface area contributed by atoms with E-state index in [1.54, 1.807) is 6.92 Å². The van der Waals surface area contributed by atoms with Crippen LogP contribution in [0.15, 0.2) is 30.3 Å². The van der Waals surface area contributed by atoms with E-state index >= 15 is 0 Å². The van der Waals surface area contributed by atoms with Gasteiger partial charge in [0.05, 0.1) is 0 Å². The SMILES string of the molecule is CCOC(C)C(=O)OC1CCN(C(=O)CCN2CCN(Cc3ccccc3)CC2)CC1. The lowest BCUT2D eigenvalue weighted by Crippen LogP contribution is -2.47. The van der Waals surface area contributed by atoms with E-state index in [0.29, 0.717) is 39.0 Å². The van der Waals surface area contributed by atoms with E-state index in [0.717, 1.165) is 39.3 Å². The molecule has 0 radical (unpaired) electrons. The van der Waals surface area contributed by atoms with Crippen molar-refractivity contribution in [2.24, 2.45) is 0 Å². The zero-order chi connectivity index (χ0) is 22.1. The predicted molar refractivity (Wildman–Crippen MR) is 120 cm³/mol. The number of likely N-dealkylation sites (tertiary alicyclic amines) is 1. The number of piperazine rings is 1. The molecule has 0 saturated carbocycles. The molecule has 1 aromatic rings. The van der Waals surface area contributed by atoms with Crippen LogP contribution in [0.2, 0.25) is 0 Å². The van der Waals surface area contributed by atoms with Gasteiger partial charge < -0.3 is 19.3 Å². The second kappa shape index (κ2) is 12.2. The maximum Gasteiger partial charge on any atom is 0.335 e. The fourth-order valence-corrected chi connectivity index (χ4v) is 4.23. The zero-order valence-electron chi connectivity index (χ0n) is 19.0. The Kier molecular flexibility index (Phi) is 9.31. The van der Waals surface area contributed by atoms with Crippen LogP contribution < -0.4 is 0 Å². The fraction of sp³-hybridized carbons (Fsp3) is 0.667. The normalized spacial score (nSPS) is 19.9. The van der Waals surface area contributed by atoms with Crippen molar-refractivity contribution >= 4 is 11.9 Å². The van der Waals surface area contributed by atoms with Gasteiger partial charge in [-0.3, -0.25) is 9.69 Å². The molecule has 172 valence electrons. The number of hydrogen-bond donors (Lipinski definition) is 0. The highest BCUT2D eigenvalue weighted by Crippen LogP contribution is 2.16. The Bertz CT molecular complexity index is 683. The van der Waals surface area contributed by atoms with Crippen molar-refractivity contribution in [2.75, 3.05) is 52.4 Å². The van der Waals surface area contributed by atoms with E-state index in [4.69, 9.17) is 9.47 Å². The predicted octanol–water partition coefficient (Wildman–Crippen LogP) is 2.15. The number of carbonyl (C=O) groups is 2.